The molecule has 138 valence electrons. The average Bonchev–Trinajstić information content (AvgIpc) is 3.20. The minimum atomic E-state index is -0.173. The van der Waals surface area contributed by atoms with E-state index in [-0.39, 0.29) is 5.69 Å². The molecule has 0 saturated carbocycles. The number of hydrogen-bond acceptors (Lipinski definition) is 4. The van der Waals surface area contributed by atoms with Crippen LogP contribution < -0.4 is 5.69 Å². The lowest BCUT2D eigenvalue weighted by molar-refractivity contribution is 0.393. The topological polar surface area (TPSA) is 76.7 Å². The Morgan fingerprint density at radius 1 is 1.07 bits per heavy atom. The number of para-hydroxylation sites is 1. The molecule has 6 heteroatoms. The molecule has 1 N–H and O–H groups in total. The number of hydrogen-bond donors (Lipinski definition) is 1. The Balaban J connectivity index is 1.83. The van der Waals surface area contributed by atoms with Crippen LogP contribution in [-0.4, -0.2) is 19.7 Å². The number of aryl methyl sites for hydroxylation is 3. The van der Waals surface area contributed by atoms with Crippen LogP contribution in [0.4, 0.5) is 0 Å². The average molecular weight is 370 g/mol. The number of aromatic nitrogens is 4. The van der Waals surface area contributed by atoms with Crippen LogP contribution >= 0.6 is 0 Å². The summed E-state index contributed by atoms with van der Waals surface area (Å²) in [4.78, 5) is 20.2. The Hall–Kier alpha value is -3.67. The van der Waals surface area contributed by atoms with E-state index in [0.717, 1.165) is 50.3 Å². The zero-order valence-corrected chi connectivity index (χ0v) is 15.8. The van der Waals surface area contributed by atoms with Gasteiger partial charge in [-0.2, -0.15) is 0 Å². The summed E-state index contributed by atoms with van der Waals surface area (Å²) in [6.45, 7) is 5.83. The third-order valence-electron chi connectivity index (χ3n) is 5.19. The lowest BCUT2D eigenvalue weighted by Crippen LogP contribution is -2.15. The van der Waals surface area contributed by atoms with Gasteiger partial charge >= 0.3 is 5.69 Å². The molecule has 0 aliphatic carbocycles. The van der Waals surface area contributed by atoms with Gasteiger partial charge in [-0.1, -0.05) is 29.4 Å². The second-order valence-electron chi connectivity index (χ2n) is 7.00. The van der Waals surface area contributed by atoms with E-state index in [1.54, 1.807) is 10.8 Å². The number of imidazole rings is 1. The highest BCUT2D eigenvalue weighted by molar-refractivity contribution is 6.04. The lowest BCUT2D eigenvalue weighted by Gasteiger charge is -2.09. The molecular formula is C22H18N4O2. The van der Waals surface area contributed by atoms with Crippen molar-refractivity contribution < 1.29 is 4.52 Å². The van der Waals surface area contributed by atoms with Gasteiger partial charge in [0.05, 0.1) is 34.1 Å². The fourth-order valence-electron chi connectivity index (χ4n) is 3.88. The van der Waals surface area contributed by atoms with Crippen LogP contribution in [0.2, 0.25) is 0 Å². The molecule has 0 radical (unpaired) electrons. The second-order valence-corrected chi connectivity index (χ2v) is 7.00. The van der Waals surface area contributed by atoms with Gasteiger partial charge in [0.2, 0.25) is 0 Å². The number of H-pyrrole nitrogens is 1. The van der Waals surface area contributed by atoms with Crippen LogP contribution in [-0.2, 0) is 0 Å². The third kappa shape index (κ3) is 2.31. The van der Waals surface area contributed by atoms with Crippen LogP contribution in [0.25, 0.3) is 38.8 Å². The van der Waals surface area contributed by atoms with E-state index in [9.17, 15) is 4.79 Å². The summed E-state index contributed by atoms with van der Waals surface area (Å²) in [6, 6.07) is 13.9. The predicted molar refractivity (Wildman–Crippen MR) is 109 cm³/mol. The standard InChI is InChI=1S/C22H18N4O2/c1-12-6-4-5-7-19(12)26-21-16-9-8-15(20-13(2)25-28-14(20)3)10-17(16)23-11-18(21)24-22(26)27/h4-11H,1-3H3,(H,24,27). The van der Waals surface area contributed by atoms with Crippen molar-refractivity contribution in [3.05, 3.63) is 76.2 Å². The number of rotatable bonds is 2. The van der Waals surface area contributed by atoms with E-state index < -0.39 is 0 Å². The van der Waals surface area contributed by atoms with Crippen molar-refractivity contribution >= 4 is 21.9 Å². The van der Waals surface area contributed by atoms with E-state index >= 15 is 0 Å². The predicted octanol–water partition coefficient (Wildman–Crippen LogP) is 4.45. The molecule has 0 aliphatic rings. The second kappa shape index (κ2) is 5.92. The van der Waals surface area contributed by atoms with Gasteiger partial charge in [-0.05, 0) is 50.1 Å². The molecule has 0 fully saturated rings. The van der Waals surface area contributed by atoms with Crippen molar-refractivity contribution in [2.75, 3.05) is 0 Å². The number of fused-ring (bicyclic) bond motifs is 3. The van der Waals surface area contributed by atoms with E-state index in [4.69, 9.17) is 4.52 Å². The van der Waals surface area contributed by atoms with Gasteiger partial charge in [0, 0.05) is 10.9 Å². The normalized spacial score (nSPS) is 11.5. The molecule has 6 nitrogen and oxygen atoms in total. The van der Waals surface area contributed by atoms with Crippen molar-refractivity contribution in [1.82, 2.24) is 19.7 Å². The van der Waals surface area contributed by atoms with Crippen molar-refractivity contribution in [3.8, 4) is 16.8 Å². The Labute approximate surface area is 160 Å². The molecule has 0 saturated heterocycles. The van der Waals surface area contributed by atoms with Crippen LogP contribution in [0, 0.1) is 20.8 Å². The SMILES string of the molecule is Cc1ccccc1-n1c(=O)[nH]c2cnc3cc(-c4c(C)noc4C)ccc3c21. The number of pyridine rings is 1. The highest BCUT2D eigenvalue weighted by Gasteiger charge is 2.16. The number of nitrogens with one attached hydrogen (secondary N) is 1. The molecule has 5 aromatic rings. The van der Waals surface area contributed by atoms with Gasteiger partial charge < -0.3 is 9.51 Å². The highest BCUT2D eigenvalue weighted by Crippen LogP contribution is 2.31. The number of nitrogens with zero attached hydrogens (tertiary/aromatic N) is 3. The molecular weight excluding hydrogens is 352 g/mol. The molecule has 28 heavy (non-hydrogen) atoms. The maximum atomic E-state index is 12.7. The number of aromatic amines is 1. The van der Waals surface area contributed by atoms with Crippen LogP contribution in [0.1, 0.15) is 17.0 Å². The third-order valence-corrected chi connectivity index (χ3v) is 5.19. The summed E-state index contributed by atoms with van der Waals surface area (Å²) < 4.78 is 7.03. The van der Waals surface area contributed by atoms with E-state index in [0.29, 0.717) is 5.52 Å². The van der Waals surface area contributed by atoms with Gasteiger partial charge in [-0.3, -0.25) is 9.55 Å². The minimum absolute atomic E-state index is 0.173. The van der Waals surface area contributed by atoms with Crippen LogP contribution in [0.3, 0.4) is 0 Å². The summed E-state index contributed by atoms with van der Waals surface area (Å²) in [7, 11) is 0. The van der Waals surface area contributed by atoms with Gasteiger partial charge in [0.15, 0.2) is 0 Å². The van der Waals surface area contributed by atoms with Gasteiger partial charge in [0.1, 0.15) is 5.76 Å². The minimum Gasteiger partial charge on any atom is -0.361 e. The first kappa shape index (κ1) is 16.5. The Morgan fingerprint density at radius 2 is 1.89 bits per heavy atom. The van der Waals surface area contributed by atoms with Crippen LogP contribution in [0.15, 0.2) is 58.0 Å². The summed E-state index contributed by atoms with van der Waals surface area (Å²) in [5.74, 6) is 0.774. The monoisotopic (exact) mass is 370 g/mol. The fraction of sp³-hybridized carbons (Fsp3) is 0.136. The maximum absolute atomic E-state index is 12.7. The smallest absolute Gasteiger partial charge is 0.331 e. The first-order valence-electron chi connectivity index (χ1n) is 9.07. The number of benzene rings is 2. The largest absolute Gasteiger partial charge is 0.361 e. The van der Waals surface area contributed by atoms with Gasteiger partial charge in [0.25, 0.3) is 0 Å². The molecule has 2 aromatic carbocycles. The summed E-state index contributed by atoms with van der Waals surface area (Å²) in [5, 5.41) is 4.96. The fourth-order valence-corrected chi connectivity index (χ4v) is 3.88. The molecule has 5 rings (SSSR count). The Bertz CT molecular complexity index is 1400. The summed E-state index contributed by atoms with van der Waals surface area (Å²) in [5.41, 5.74) is 6.89. The molecule has 3 aromatic heterocycles. The van der Waals surface area contributed by atoms with E-state index in [1.807, 2.05) is 63.2 Å². The van der Waals surface area contributed by atoms with E-state index in [1.165, 1.54) is 0 Å². The molecule has 0 unspecified atom stereocenters. The van der Waals surface area contributed by atoms with Gasteiger partial charge in [-0.15, -0.1) is 0 Å². The van der Waals surface area contributed by atoms with Crippen molar-refractivity contribution in [3.63, 3.8) is 0 Å². The Morgan fingerprint density at radius 3 is 2.64 bits per heavy atom. The first-order chi connectivity index (χ1) is 13.5. The zero-order valence-electron chi connectivity index (χ0n) is 15.8. The highest BCUT2D eigenvalue weighted by atomic mass is 16.5. The molecule has 0 aliphatic heterocycles. The van der Waals surface area contributed by atoms with Gasteiger partial charge in [-0.25, -0.2) is 4.79 Å². The van der Waals surface area contributed by atoms with Crippen molar-refractivity contribution in [2.24, 2.45) is 0 Å². The quantitative estimate of drug-likeness (QED) is 0.498. The maximum Gasteiger partial charge on any atom is 0.331 e. The lowest BCUT2D eigenvalue weighted by atomic mass is 10.0. The van der Waals surface area contributed by atoms with Crippen molar-refractivity contribution in [2.45, 2.75) is 20.8 Å². The molecule has 0 bridgehead atoms. The summed E-state index contributed by atoms with van der Waals surface area (Å²) in [6.07, 6.45) is 1.71. The Kier molecular flexibility index (Phi) is 3.49. The molecule has 3 heterocycles. The molecule has 0 atom stereocenters. The van der Waals surface area contributed by atoms with Crippen molar-refractivity contribution in [1.29, 1.82) is 0 Å². The zero-order chi connectivity index (χ0) is 19.4. The summed E-state index contributed by atoms with van der Waals surface area (Å²) >= 11 is 0. The first-order valence-corrected chi connectivity index (χ1v) is 9.07. The van der Waals surface area contributed by atoms with Crippen LogP contribution in [0.5, 0.6) is 0 Å². The van der Waals surface area contributed by atoms with E-state index in [2.05, 4.69) is 15.1 Å². The molecule has 0 spiro atoms. The molecule has 0 amide bonds.